The SMILES string of the molecule is COCCOCCC(O)Cc1ccsc1. The van der Waals surface area contributed by atoms with Crippen LogP contribution in [0.4, 0.5) is 0 Å². The zero-order valence-corrected chi connectivity index (χ0v) is 9.83. The second-order valence-corrected chi connectivity index (χ2v) is 4.16. The quantitative estimate of drug-likeness (QED) is 0.691. The highest BCUT2D eigenvalue weighted by atomic mass is 32.1. The van der Waals surface area contributed by atoms with Gasteiger partial charge in [0.2, 0.25) is 0 Å². The maximum absolute atomic E-state index is 9.67. The highest BCUT2D eigenvalue weighted by Gasteiger charge is 2.05. The van der Waals surface area contributed by atoms with E-state index < -0.39 is 0 Å². The minimum atomic E-state index is -0.304. The maximum atomic E-state index is 9.67. The van der Waals surface area contributed by atoms with E-state index in [1.807, 2.05) is 11.4 Å². The number of hydrogen-bond acceptors (Lipinski definition) is 4. The van der Waals surface area contributed by atoms with Gasteiger partial charge < -0.3 is 14.6 Å². The monoisotopic (exact) mass is 230 g/mol. The summed E-state index contributed by atoms with van der Waals surface area (Å²) in [6, 6.07) is 2.04. The van der Waals surface area contributed by atoms with E-state index >= 15 is 0 Å². The van der Waals surface area contributed by atoms with Crippen LogP contribution in [0.5, 0.6) is 0 Å². The van der Waals surface area contributed by atoms with Gasteiger partial charge in [-0.2, -0.15) is 11.3 Å². The van der Waals surface area contributed by atoms with Crippen LogP contribution in [0.15, 0.2) is 16.8 Å². The van der Waals surface area contributed by atoms with E-state index in [0.717, 1.165) is 6.42 Å². The molecule has 15 heavy (non-hydrogen) atoms. The number of ether oxygens (including phenoxy) is 2. The number of aliphatic hydroxyl groups is 1. The second-order valence-electron chi connectivity index (χ2n) is 3.38. The first-order valence-corrected chi connectivity index (χ1v) is 6.03. The molecule has 1 rings (SSSR count). The van der Waals surface area contributed by atoms with Crippen molar-refractivity contribution >= 4 is 11.3 Å². The van der Waals surface area contributed by atoms with Crippen LogP contribution in [0, 0.1) is 0 Å². The molecule has 0 radical (unpaired) electrons. The molecule has 0 aliphatic heterocycles. The lowest BCUT2D eigenvalue weighted by Crippen LogP contribution is -2.14. The van der Waals surface area contributed by atoms with Gasteiger partial charge in [0.25, 0.3) is 0 Å². The molecule has 1 aromatic rings. The summed E-state index contributed by atoms with van der Waals surface area (Å²) in [4.78, 5) is 0. The fraction of sp³-hybridized carbons (Fsp3) is 0.636. The van der Waals surface area contributed by atoms with E-state index in [0.29, 0.717) is 26.2 Å². The van der Waals surface area contributed by atoms with Gasteiger partial charge in [0.05, 0.1) is 19.3 Å². The molecule has 1 aromatic heterocycles. The van der Waals surface area contributed by atoms with E-state index in [9.17, 15) is 5.11 Å². The molecule has 3 nitrogen and oxygen atoms in total. The molecule has 86 valence electrons. The number of methoxy groups -OCH3 is 1. The molecule has 1 N–H and O–H groups in total. The Kier molecular flexibility index (Phi) is 6.59. The number of aliphatic hydroxyl groups excluding tert-OH is 1. The van der Waals surface area contributed by atoms with Crippen molar-refractivity contribution < 1.29 is 14.6 Å². The average molecular weight is 230 g/mol. The third kappa shape index (κ3) is 5.89. The van der Waals surface area contributed by atoms with Crippen molar-refractivity contribution in [2.24, 2.45) is 0 Å². The summed E-state index contributed by atoms with van der Waals surface area (Å²) in [5.41, 5.74) is 1.20. The molecule has 1 atom stereocenters. The highest BCUT2D eigenvalue weighted by molar-refractivity contribution is 7.07. The molecule has 4 heteroatoms. The van der Waals surface area contributed by atoms with Gasteiger partial charge in [-0.05, 0) is 35.2 Å². The standard InChI is InChI=1S/C11H18O3S/c1-13-5-6-14-4-2-11(12)8-10-3-7-15-9-10/h3,7,9,11-12H,2,4-6,8H2,1H3. The molecule has 0 saturated heterocycles. The van der Waals surface area contributed by atoms with Crippen molar-refractivity contribution in [1.29, 1.82) is 0 Å². The van der Waals surface area contributed by atoms with Crippen molar-refractivity contribution in [1.82, 2.24) is 0 Å². The topological polar surface area (TPSA) is 38.7 Å². The van der Waals surface area contributed by atoms with E-state index in [4.69, 9.17) is 9.47 Å². The smallest absolute Gasteiger partial charge is 0.0700 e. The molecule has 0 spiro atoms. The minimum Gasteiger partial charge on any atom is -0.393 e. The Hall–Kier alpha value is -0.420. The van der Waals surface area contributed by atoms with E-state index in [2.05, 4.69) is 5.38 Å². The van der Waals surface area contributed by atoms with Crippen LogP contribution in [0.25, 0.3) is 0 Å². The lowest BCUT2D eigenvalue weighted by Gasteiger charge is -2.09. The minimum absolute atomic E-state index is 0.304. The van der Waals surface area contributed by atoms with Crippen LogP contribution >= 0.6 is 11.3 Å². The van der Waals surface area contributed by atoms with Crippen molar-refractivity contribution in [3.05, 3.63) is 22.4 Å². The Balaban J connectivity index is 2.01. The van der Waals surface area contributed by atoms with Crippen molar-refractivity contribution in [2.45, 2.75) is 18.9 Å². The Morgan fingerprint density at radius 2 is 2.27 bits per heavy atom. The van der Waals surface area contributed by atoms with Crippen LogP contribution in [-0.2, 0) is 15.9 Å². The zero-order chi connectivity index (χ0) is 10.9. The predicted molar refractivity (Wildman–Crippen MR) is 61.3 cm³/mol. The van der Waals surface area contributed by atoms with Crippen LogP contribution < -0.4 is 0 Å². The second kappa shape index (κ2) is 7.82. The van der Waals surface area contributed by atoms with Crippen LogP contribution in [0.2, 0.25) is 0 Å². The fourth-order valence-corrected chi connectivity index (χ4v) is 1.93. The first kappa shape index (κ1) is 12.6. The molecule has 0 amide bonds. The predicted octanol–water partition coefficient (Wildman–Crippen LogP) is 1.70. The van der Waals surface area contributed by atoms with Gasteiger partial charge in [-0.3, -0.25) is 0 Å². The molecule has 0 fully saturated rings. The van der Waals surface area contributed by atoms with Crippen LogP contribution in [-0.4, -0.2) is 38.1 Å². The van der Waals surface area contributed by atoms with E-state index in [1.54, 1.807) is 18.4 Å². The van der Waals surface area contributed by atoms with Gasteiger partial charge in [-0.15, -0.1) is 0 Å². The highest BCUT2D eigenvalue weighted by Crippen LogP contribution is 2.10. The summed E-state index contributed by atoms with van der Waals surface area (Å²) >= 11 is 1.66. The van der Waals surface area contributed by atoms with Crippen molar-refractivity contribution in [3.8, 4) is 0 Å². The molecule has 0 bridgehead atoms. The summed E-state index contributed by atoms with van der Waals surface area (Å²) in [5, 5.41) is 13.8. The van der Waals surface area contributed by atoms with Gasteiger partial charge in [0.1, 0.15) is 0 Å². The first-order valence-electron chi connectivity index (χ1n) is 5.08. The summed E-state index contributed by atoms with van der Waals surface area (Å²) in [5.74, 6) is 0. The largest absolute Gasteiger partial charge is 0.393 e. The molecule has 0 saturated carbocycles. The number of hydrogen-bond donors (Lipinski definition) is 1. The summed E-state index contributed by atoms with van der Waals surface area (Å²) in [6.07, 6.45) is 1.10. The van der Waals surface area contributed by atoms with Gasteiger partial charge >= 0.3 is 0 Å². The van der Waals surface area contributed by atoms with E-state index in [1.165, 1.54) is 5.56 Å². The van der Waals surface area contributed by atoms with Crippen LogP contribution in [0.1, 0.15) is 12.0 Å². The number of rotatable bonds is 8. The van der Waals surface area contributed by atoms with Crippen LogP contribution in [0.3, 0.4) is 0 Å². The molecule has 1 heterocycles. The Labute approximate surface area is 94.6 Å². The van der Waals surface area contributed by atoms with Gasteiger partial charge in [0, 0.05) is 13.7 Å². The zero-order valence-electron chi connectivity index (χ0n) is 9.02. The Bertz CT molecular complexity index is 236. The maximum Gasteiger partial charge on any atom is 0.0700 e. The normalized spacial score (nSPS) is 12.9. The van der Waals surface area contributed by atoms with Crippen molar-refractivity contribution in [3.63, 3.8) is 0 Å². The molecule has 0 aliphatic carbocycles. The molecule has 0 aliphatic rings. The third-order valence-electron chi connectivity index (χ3n) is 2.08. The van der Waals surface area contributed by atoms with Crippen molar-refractivity contribution in [2.75, 3.05) is 26.9 Å². The Morgan fingerprint density at radius 3 is 2.93 bits per heavy atom. The average Bonchev–Trinajstić information content (AvgIpc) is 2.70. The van der Waals surface area contributed by atoms with Gasteiger partial charge in [-0.1, -0.05) is 0 Å². The van der Waals surface area contributed by atoms with Gasteiger partial charge in [0.15, 0.2) is 0 Å². The van der Waals surface area contributed by atoms with E-state index in [-0.39, 0.29) is 6.10 Å². The Morgan fingerprint density at radius 1 is 1.40 bits per heavy atom. The number of thiophene rings is 1. The lowest BCUT2D eigenvalue weighted by atomic mass is 10.1. The third-order valence-corrected chi connectivity index (χ3v) is 2.81. The summed E-state index contributed by atoms with van der Waals surface area (Å²) < 4.78 is 10.1. The summed E-state index contributed by atoms with van der Waals surface area (Å²) in [6.45, 7) is 1.80. The molecular weight excluding hydrogens is 212 g/mol. The first-order chi connectivity index (χ1) is 7.33. The lowest BCUT2D eigenvalue weighted by molar-refractivity contribution is 0.0479. The van der Waals surface area contributed by atoms with Gasteiger partial charge in [-0.25, -0.2) is 0 Å². The fourth-order valence-electron chi connectivity index (χ4n) is 1.25. The molecular formula is C11H18O3S. The summed E-state index contributed by atoms with van der Waals surface area (Å²) in [7, 11) is 1.65. The molecule has 0 aromatic carbocycles. The molecule has 1 unspecified atom stereocenters.